The quantitative estimate of drug-likeness (QED) is 0.563. The Kier molecular flexibility index (Phi) is 5.75. The second kappa shape index (κ2) is 8.53. The van der Waals surface area contributed by atoms with Gasteiger partial charge in [-0.1, -0.05) is 11.6 Å². The number of rotatable bonds is 6. The fraction of sp³-hybridized carbons (Fsp3) is 0.217. The smallest absolute Gasteiger partial charge is 0.326 e. The molecule has 0 radical (unpaired) electrons. The van der Waals surface area contributed by atoms with Crippen LogP contribution in [0, 0.1) is 6.92 Å². The molecule has 1 aromatic heterocycles. The molecule has 7 nitrogen and oxygen atoms in total. The molecule has 0 bridgehead atoms. The minimum atomic E-state index is -4.69. The standard InChI is InChI=1S/C23H19F3N4O3/c1-14-5-7-16-17(12-14)22(33)29(21(16)32)10-2-4-20(31)28-19-8-6-15(30-11-3-9-27-30)13-18(19)23(24,25)26/h3,5-9,11-13H,2,4,10H2,1H3,(H,28,31). The number of nitrogens with zero attached hydrogens (tertiary/aromatic N) is 3. The molecule has 3 amide bonds. The van der Waals surface area contributed by atoms with Crippen molar-refractivity contribution >= 4 is 23.4 Å². The normalized spacial score (nSPS) is 13.4. The van der Waals surface area contributed by atoms with Crippen LogP contribution in [-0.2, 0) is 11.0 Å². The molecule has 0 atom stereocenters. The first-order valence-electron chi connectivity index (χ1n) is 10.1. The van der Waals surface area contributed by atoms with Crippen molar-refractivity contribution in [2.75, 3.05) is 11.9 Å². The van der Waals surface area contributed by atoms with Gasteiger partial charge in [0, 0.05) is 25.4 Å². The first kappa shape index (κ1) is 22.3. The Hall–Kier alpha value is -3.95. The largest absolute Gasteiger partial charge is 0.418 e. The molecule has 0 saturated heterocycles. The highest BCUT2D eigenvalue weighted by Gasteiger charge is 2.36. The molecular weight excluding hydrogens is 437 g/mol. The van der Waals surface area contributed by atoms with E-state index < -0.39 is 29.5 Å². The van der Waals surface area contributed by atoms with Gasteiger partial charge in [0.2, 0.25) is 5.91 Å². The molecule has 0 spiro atoms. The molecule has 4 rings (SSSR count). The first-order chi connectivity index (χ1) is 15.6. The van der Waals surface area contributed by atoms with Crippen LogP contribution in [0.1, 0.15) is 44.7 Å². The molecule has 1 aliphatic rings. The van der Waals surface area contributed by atoms with E-state index in [0.717, 1.165) is 16.5 Å². The number of amides is 3. The van der Waals surface area contributed by atoms with Crippen molar-refractivity contribution in [3.8, 4) is 5.69 Å². The Morgan fingerprint density at radius 3 is 2.52 bits per heavy atom. The SMILES string of the molecule is Cc1ccc2c(c1)C(=O)N(CCCC(=O)Nc1ccc(-n3cccn3)cc1C(F)(F)F)C2=O. The predicted molar refractivity (Wildman–Crippen MR) is 113 cm³/mol. The molecule has 170 valence electrons. The molecule has 1 N–H and O–H groups in total. The maximum Gasteiger partial charge on any atom is 0.418 e. The summed E-state index contributed by atoms with van der Waals surface area (Å²) in [5.41, 5.74) is 0.291. The fourth-order valence-electron chi connectivity index (χ4n) is 3.66. The van der Waals surface area contributed by atoms with Gasteiger partial charge in [0.25, 0.3) is 11.8 Å². The Labute approximate surface area is 186 Å². The van der Waals surface area contributed by atoms with Crippen LogP contribution in [0.2, 0.25) is 0 Å². The number of aryl methyl sites for hydroxylation is 1. The zero-order chi connectivity index (χ0) is 23.8. The van der Waals surface area contributed by atoms with E-state index in [1.54, 1.807) is 24.3 Å². The first-order valence-corrected chi connectivity index (χ1v) is 10.1. The van der Waals surface area contributed by atoms with E-state index in [0.29, 0.717) is 11.1 Å². The van der Waals surface area contributed by atoms with Gasteiger partial charge in [0.15, 0.2) is 0 Å². The van der Waals surface area contributed by atoms with Crippen LogP contribution in [0.3, 0.4) is 0 Å². The lowest BCUT2D eigenvalue weighted by Crippen LogP contribution is -2.31. The van der Waals surface area contributed by atoms with Crippen LogP contribution >= 0.6 is 0 Å². The number of anilines is 1. The van der Waals surface area contributed by atoms with Gasteiger partial charge in [-0.05, 0) is 49.7 Å². The average Bonchev–Trinajstić information content (AvgIpc) is 3.37. The molecule has 0 unspecified atom stereocenters. The molecule has 0 saturated carbocycles. The molecule has 2 heterocycles. The number of hydrogen-bond acceptors (Lipinski definition) is 4. The zero-order valence-corrected chi connectivity index (χ0v) is 17.5. The summed E-state index contributed by atoms with van der Waals surface area (Å²) < 4.78 is 42.0. The van der Waals surface area contributed by atoms with Crippen molar-refractivity contribution in [3.63, 3.8) is 0 Å². The third-order valence-corrected chi connectivity index (χ3v) is 5.26. The number of benzene rings is 2. The van der Waals surface area contributed by atoms with Crippen molar-refractivity contribution in [2.24, 2.45) is 0 Å². The van der Waals surface area contributed by atoms with Crippen LogP contribution in [0.4, 0.5) is 18.9 Å². The summed E-state index contributed by atoms with van der Waals surface area (Å²) in [6.07, 6.45) is -1.79. The second-order valence-electron chi connectivity index (χ2n) is 7.64. The molecule has 0 fully saturated rings. The van der Waals surface area contributed by atoms with Crippen LogP contribution in [0.5, 0.6) is 0 Å². The van der Waals surface area contributed by atoms with Gasteiger partial charge in [-0.25, -0.2) is 4.68 Å². The maximum atomic E-state index is 13.6. The van der Waals surface area contributed by atoms with Gasteiger partial charge < -0.3 is 5.32 Å². The summed E-state index contributed by atoms with van der Waals surface area (Å²) in [5, 5.41) is 6.20. The van der Waals surface area contributed by atoms with Crippen LogP contribution < -0.4 is 5.32 Å². The van der Waals surface area contributed by atoms with E-state index in [1.807, 2.05) is 6.92 Å². The summed E-state index contributed by atoms with van der Waals surface area (Å²) in [4.78, 5) is 38.3. The summed E-state index contributed by atoms with van der Waals surface area (Å²) in [7, 11) is 0. The van der Waals surface area contributed by atoms with Crippen molar-refractivity contribution in [2.45, 2.75) is 25.9 Å². The van der Waals surface area contributed by atoms with Gasteiger partial charge in [-0.3, -0.25) is 19.3 Å². The lowest BCUT2D eigenvalue weighted by atomic mass is 10.1. The van der Waals surface area contributed by atoms with Crippen molar-refractivity contribution in [3.05, 3.63) is 77.1 Å². The Bertz CT molecular complexity index is 1240. The predicted octanol–water partition coefficient (Wildman–Crippen LogP) is 4.21. The van der Waals surface area contributed by atoms with Gasteiger partial charge in [-0.15, -0.1) is 0 Å². The summed E-state index contributed by atoms with van der Waals surface area (Å²) >= 11 is 0. The van der Waals surface area contributed by atoms with Crippen molar-refractivity contribution < 1.29 is 27.6 Å². The number of alkyl halides is 3. The molecule has 33 heavy (non-hydrogen) atoms. The summed E-state index contributed by atoms with van der Waals surface area (Å²) in [6.45, 7) is 1.80. The Morgan fingerprint density at radius 2 is 1.82 bits per heavy atom. The number of carbonyl (C=O) groups is 3. The number of carbonyl (C=O) groups excluding carboxylic acids is 3. The van der Waals surface area contributed by atoms with E-state index in [9.17, 15) is 27.6 Å². The number of hydrogen-bond donors (Lipinski definition) is 1. The molecular formula is C23H19F3N4O3. The van der Waals surface area contributed by atoms with Crippen molar-refractivity contribution in [1.82, 2.24) is 14.7 Å². The van der Waals surface area contributed by atoms with E-state index >= 15 is 0 Å². The molecule has 10 heteroatoms. The molecule has 1 aliphatic heterocycles. The lowest BCUT2D eigenvalue weighted by molar-refractivity contribution is -0.137. The minimum Gasteiger partial charge on any atom is -0.326 e. The number of aromatic nitrogens is 2. The summed E-state index contributed by atoms with van der Waals surface area (Å²) in [5.74, 6) is -1.53. The van der Waals surface area contributed by atoms with E-state index in [4.69, 9.17) is 0 Å². The monoisotopic (exact) mass is 456 g/mol. The highest BCUT2D eigenvalue weighted by molar-refractivity contribution is 6.21. The lowest BCUT2D eigenvalue weighted by Gasteiger charge is -2.16. The number of nitrogens with one attached hydrogen (secondary N) is 1. The molecule has 3 aromatic rings. The van der Waals surface area contributed by atoms with Gasteiger partial charge in [0.1, 0.15) is 0 Å². The van der Waals surface area contributed by atoms with E-state index in [1.165, 1.54) is 29.2 Å². The molecule has 2 aromatic carbocycles. The topological polar surface area (TPSA) is 84.3 Å². The van der Waals surface area contributed by atoms with Crippen LogP contribution in [0.25, 0.3) is 5.69 Å². The Balaban J connectivity index is 1.40. The number of halogens is 3. The van der Waals surface area contributed by atoms with E-state index in [-0.39, 0.29) is 30.8 Å². The van der Waals surface area contributed by atoms with Crippen LogP contribution in [-0.4, -0.2) is 38.9 Å². The third kappa shape index (κ3) is 4.50. The minimum absolute atomic E-state index is 0.0107. The molecule has 0 aliphatic carbocycles. The highest BCUT2D eigenvalue weighted by atomic mass is 19.4. The number of fused-ring (bicyclic) bond motifs is 1. The fourth-order valence-corrected chi connectivity index (χ4v) is 3.66. The van der Waals surface area contributed by atoms with Crippen LogP contribution in [0.15, 0.2) is 54.9 Å². The van der Waals surface area contributed by atoms with Gasteiger partial charge in [-0.2, -0.15) is 18.3 Å². The van der Waals surface area contributed by atoms with Gasteiger partial charge >= 0.3 is 6.18 Å². The number of imide groups is 1. The third-order valence-electron chi connectivity index (χ3n) is 5.26. The van der Waals surface area contributed by atoms with Crippen molar-refractivity contribution in [1.29, 1.82) is 0 Å². The second-order valence-corrected chi connectivity index (χ2v) is 7.64. The maximum absolute atomic E-state index is 13.6. The Morgan fingerprint density at radius 1 is 1.06 bits per heavy atom. The van der Waals surface area contributed by atoms with Gasteiger partial charge in [0.05, 0.1) is 28.1 Å². The highest BCUT2D eigenvalue weighted by Crippen LogP contribution is 2.36. The summed E-state index contributed by atoms with van der Waals surface area (Å²) in [6, 6.07) is 10.0. The average molecular weight is 456 g/mol. The zero-order valence-electron chi connectivity index (χ0n) is 17.5. The van der Waals surface area contributed by atoms with E-state index in [2.05, 4.69) is 10.4 Å².